The van der Waals surface area contributed by atoms with Crippen LogP contribution in [0.5, 0.6) is 0 Å². The Hall–Kier alpha value is -1.07. The minimum atomic E-state index is -0.452. The highest BCUT2D eigenvalue weighted by atomic mass is 32.2. The third-order valence-corrected chi connectivity index (χ3v) is 3.69. The summed E-state index contributed by atoms with van der Waals surface area (Å²) in [6.45, 7) is 7.49. The lowest BCUT2D eigenvalue weighted by Gasteiger charge is -2.22. The van der Waals surface area contributed by atoms with Gasteiger partial charge in [0.2, 0.25) is 0 Å². The maximum Gasteiger partial charge on any atom is 0.316 e. The van der Waals surface area contributed by atoms with Crippen LogP contribution in [-0.4, -0.2) is 28.3 Å². The average Bonchev–Trinajstić information content (AvgIpc) is 2.27. The molecule has 0 radical (unpaired) electrons. The van der Waals surface area contributed by atoms with Crippen LogP contribution in [0.25, 0.3) is 0 Å². The zero-order valence-electron chi connectivity index (χ0n) is 11.9. The van der Waals surface area contributed by atoms with Gasteiger partial charge in [0.05, 0.1) is 16.7 Å². The molecule has 0 aliphatic carbocycles. The van der Waals surface area contributed by atoms with E-state index >= 15 is 0 Å². The van der Waals surface area contributed by atoms with E-state index in [1.54, 1.807) is 6.20 Å². The zero-order valence-corrected chi connectivity index (χ0v) is 12.7. The lowest BCUT2D eigenvalue weighted by Crippen LogP contribution is -2.27. The molecule has 19 heavy (non-hydrogen) atoms. The van der Waals surface area contributed by atoms with E-state index in [2.05, 4.69) is 4.98 Å². The van der Waals surface area contributed by atoms with E-state index < -0.39 is 5.60 Å². The maximum absolute atomic E-state index is 11.7. The number of aromatic nitrogens is 1. The van der Waals surface area contributed by atoms with Gasteiger partial charge in [-0.3, -0.25) is 9.78 Å². The number of nitrogens with two attached hydrogens (primary N) is 1. The van der Waals surface area contributed by atoms with Gasteiger partial charge >= 0.3 is 5.97 Å². The van der Waals surface area contributed by atoms with Crippen LogP contribution in [0.15, 0.2) is 24.4 Å². The molecular weight excluding hydrogens is 260 g/mol. The fourth-order valence-electron chi connectivity index (χ4n) is 1.58. The van der Waals surface area contributed by atoms with Gasteiger partial charge in [0.15, 0.2) is 0 Å². The summed E-state index contributed by atoms with van der Waals surface area (Å²) in [7, 11) is 0. The minimum Gasteiger partial charge on any atom is -0.459 e. The second-order valence-corrected chi connectivity index (χ2v) is 6.56. The van der Waals surface area contributed by atoms with Crippen molar-refractivity contribution >= 4 is 17.7 Å². The predicted molar refractivity (Wildman–Crippen MR) is 78.9 cm³/mol. The first-order chi connectivity index (χ1) is 8.79. The van der Waals surface area contributed by atoms with Crippen LogP contribution in [0.2, 0.25) is 0 Å². The minimum absolute atomic E-state index is 0.00582. The molecule has 106 valence electrons. The molecule has 1 aromatic rings. The van der Waals surface area contributed by atoms with Crippen LogP contribution in [0.4, 0.5) is 0 Å². The number of thioether (sulfide) groups is 1. The van der Waals surface area contributed by atoms with Gasteiger partial charge in [-0.05, 0) is 39.8 Å². The normalized spacial score (nSPS) is 14.8. The average molecular weight is 282 g/mol. The quantitative estimate of drug-likeness (QED) is 0.841. The predicted octanol–water partition coefficient (Wildman–Crippen LogP) is 2.54. The van der Waals surface area contributed by atoms with Crippen LogP contribution < -0.4 is 5.73 Å². The molecule has 2 atom stereocenters. The molecule has 0 fully saturated rings. The van der Waals surface area contributed by atoms with Crippen molar-refractivity contribution in [3.8, 4) is 0 Å². The van der Waals surface area contributed by atoms with E-state index in [4.69, 9.17) is 10.5 Å². The molecule has 0 aliphatic heterocycles. The smallest absolute Gasteiger partial charge is 0.316 e. The second-order valence-electron chi connectivity index (χ2n) is 5.43. The Balaban J connectivity index is 2.59. The van der Waals surface area contributed by atoms with Crippen LogP contribution in [-0.2, 0) is 9.53 Å². The van der Waals surface area contributed by atoms with Crippen molar-refractivity contribution < 1.29 is 9.53 Å². The van der Waals surface area contributed by atoms with Crippen LogP contribution in [0.3, 0.4) is 0 Å². The molecule has 0 aromatic carbocycles. The molecule has 0 bridgehead atoms. The molecule has 2 N–H and O–H groups in total. The molecular formula is C14H22N2O2S. The number of rotatable bonds is 5. The van der Waals surface area contributed by atoms with E-state index in [9.17, 15) is 4.79 Å². The summed E-state index contributed by atoms with van der Waals surface area (Å²) >= 11 is 1.47. The Labute approximate surface area is 119 Å². The first kappa shape index (κ1) is 16.0. The van der Waals surface area contributed by atoms with E-state index in [1.807, 2.05) is 45.9 Å². The van der Waals surface area contributed by atoms with Crippen molar-refractivity contribution in [3.63, 3.8) is 0 Å². The fourth-order valence-corrected chi connectivity index (χ4v) is 2.57. The van der Waals surface area contributed by atoms with Crippen LogP contribution >= 0.6 is 11.8 Å². The number of esters is 1. The van der Waals surface area contributed by atoms with E-state index in [0.29, 0.717) is 0 Å². The number of carbonyl (C=O) groups excluding carboxylic acids is 1. The highest BCUT2D eigenvalue weighted by Crippen LogP contribution is 2.30. The van der Waals surface area contributed by atoms with Crippen molar-refractivity contribution in [2.45, 2.75) is 44.6 Å². The molecule has 1 rings (SSSR count). The second kappa shape index (κ2) is 6.91. The van der Waals surface area contributed by atoms with Crippen LogP contribution in [0.1, 0.15) is 38.6 Å². The fraction of sp³-hybridized carbons (Fsp3) is 0.571. The number of nitrogens with zero attached hydrogens (tertiary/aromatic N) is 1. The molecule has 0 saturated heterocycles. The van der Waals surface area contributed by atoms with E-state index in [1.165, 1.54) is 11.8 Å². The Morgan fingerprint density at radius 3 is 2.63 bits per heavy atom. The van der Waals surface area contributed by atoms with Crippen molar-refractivity contribution in [1.29, 1.82) is 0 Å². The summed E-state index contributed by atoms with van der Waals surface area (Å²) in [5, 5.41) is -0.00582. The first-order valence-electron chi connectivity index (χ1n) is 6.29. The van der Waals surface area contributed by atoms with Gasteiger partial charge in [0.1, 0.15) is 5.60 Å². The standard InChI is InChI=1S/C14H22N2O2S/c1-10(15)13(11-7-5-6-8-16-11)19-9-12(17)18-14(2,3)4/h5-8,10,13H,9,15H2,1-4H3. The van der Waals surface area contributed by atoms with Gasteiger partial charge in [0.25, 0.3) is 0 Å². The molecule has 0 spiro atoms. The summed E-state index contributed by atoms with van der Waals surface area (Å²) in [5.41, 5.74) is 6.41. The summed E-state index contributed by atoms with van der Waals surface area (Å²) in [5.74, 6) is 0.0548. The number of pyridine rings is 1. The number of ether oxygens (including phenoxy) is 1. The number of carbonyl (C=O) groups is 1. The molecule has 4 nitrogen and oxygen atoms in total. The lowest BCUT2D eigenvalue weighted by molar-refractivity contribution is -0.151. The third kappa shape index (κ3) is 6.07. The van der Waals surface area contributed by atoms with Crippen molar-refractivity contribution in [2.75, 3.05) is 5.75 Å². The van der Waals surface area contributed by atoms with Gasteiger partial charge < -0.3 is 10.5 Å². The van der Waals surface area contributed by atoms with Crippen molar-refractivity contribution in [2.24, 2.45) is 5.73 Å². The highest BCUT2D eigenvalue weighted by molar-refractivity contribution is 8.00. The zero-order chi connectivity index (χ0) is 14.5. The van der Waals surface area contributed by atoms with Gasteiger partial charge in [-0.2, -0.15) is 0 Å². The van der Waals surface area contributed by atoms with Gasteiger partial charge in [0, 0.05) is 12.2 Å². The monoisotopic (exact) mass is 282 g/mol. The summed E-state index contributed by atoms with van der Waals surface area (Å²) in [6, 6.07) is 5.63. The molecule has 0 aliphatic rings. The molecule has 0 saturated carbocycles. The molecule has 2 unspecified atom stereocenters. The Morgan fingerprint density at radius 1 is 1.47 bits per heavy atom. The number of hydrogen-bond acceptors (Lipinski definition) is 5. The SMILES string of the molecule is CC(N)C(SCC(=O)OC(C)(C)C)c1ccccn1. The molecule has 1 aromatic heterocycles. The largest absolute Gasteiger partial charge is 0.459 e. The topological polar surface area (TPSA) is 65.2 Å². The van der Waals surface area contributed by atoms with Gasteiger partial charge in [-0.25, -0.2) is 0 Å². The molecule has 0 amide bonds. The lowest BCUT2D eigenvalue weighted by atomic mass is 10.2. The first-order valence-corrected chi connectivity index (χ1v) is 7.34. The summed E-state index contributed by atoms with van der Waals surface area (Å²) in [4.78, 5) is 16.0. The maximum atomic E-state index is 11.7. The van der Waals surface area contributed by atoms with E-state index in [0.717, 1.165) is 5.69 Å². The van der Waals surface area contributed by atoms with Gasteiger partial charge in [-0.1, -0.05) is 6.07 Å². The van der Waals surface area contributed by atoms with Gasteiger partial charge in [-0.15, -0.1) is 11.8 Å². The summed E-state index contributed by atoms with van der Waals surface area (Å²) in [6.07, 6.45) is 1.73. The Kier molecular flexibility index (Phi) is 5.82. The highest BCUT2D eigenvalue weighted by Gasteiger charge is 2.22. The molecule has 1 heterocycles. The third-order valence-electron chi connectivity index (χ3n) is 2.26. The van der Waals surface area contributed by atoms with E-state index in [-0.39, 0.29) is 23.0 Å². The van der Waals surface area contributed by atoms with Crippen LogP contribution in [0, 0.1) is 0 Å². The number of hydrogen-bond donors (Lipinski definition) is 1. The molecule has 5 heteroatoms. The van der Waals surface area contributed by atoms with Crippen molar-refractivity contribution in [1.82, 2.24) is 4.98 Å². The summed E-state index contributed by atoms with van der Waals surface area (Å²) < 4.78 is 5.28. The van der Waals surface area contributed by atoms with Crippen molar-refractivity contribution in [3.05, 3.63) is 30.1 Å². The Morgan fingerprint density at radius 2 is 2.16 bits per heavy atom. The Bertz CT molecular complexity index is 402.